The molecule has 1 unspecified atom stereocenters. The molecule has 70 valence electrons. The number of hydrogen-bond acceptors (Lipinski definition) is 2. The van der Waals surface area contributed by atoms with E-state index in [1.807, 2.05) is 25.3 Å². The van der Waals surface area contributed by atoms with Crippen molar-refractivity contribution in [3.05, 3.63) is 35.9 Å². The Morgan fingerprint density at radius 2 is 1.92 bits per heavy atom. The van der Waals surface area contributed by atoms with E-state index in [9.17, 15) is 0 Å². The summed E-state index contributed by atoms with van der Waals surface area (Å²) in [7, 11) is 1.92. The van der Waals surface area contributed by atoms with E-state index < -0.39 is 0 Å². The number of aromatic hydroxyl groups is 1. The Hall–Kier alpha value is -1.28. The number of likely N-dealkylation sites (N-methyl/N-ethyl adjacent to an activating group) is 1. The smallest absolute Gasteiger partial charge is 0.115 e. The maximum absolute atomic E-state index is 9.04. The predicted molar refractivity (Wildman–Crippen MR) is 55.7 cm³/mol. The number of rotatable bonds is 3. The van der Waals surface area contributed by atoms with Gasteiger partial charge >= 0.3 is 0 Å². The number of phenolic OH excluding ortho intramolecular Hbond substituents is 1. The number of hydrogen-bond donors (Lipinski definition) is 2. The Labute approximate surface area is 78.9 Å². The van der Waals surface area contributed by atoms with Crippen LogP contribution in [0.15, 0.2) is 30.3 Å². The van der Waals surface area contributed by atoms with Crippen molar-refractivity contribution < 1.29 is 5.11 Å². The van der Waals surface area contributed by atoms with E-state index >= 15 is 0 Å². The Bertz CT molecular complexity index is 277. The minimum absolute atomic E-state index is 0.304. The van der Waals surface area contributed by atoms with E-state index in [0.717, 1.165) is 5.56 Å². The van der Waals surface area contributed by atoms with Gasteiger partial charge in [0.1, 0.15) is 5.75 Å². The molecule has 0 bridgehead atoms. The molecule has 0 saturated carbocycles. The van der Waals surface area contributed by atoms with Gasteiger partial charge in [0.25, 0.3) is 0 Å². The second kappa shape index (κ2) is 4.67. The van der Waals surface area contributed by atoms with E-state index in [2.05, 4.69) is 18.3 Å². The Morgan fingerprint density at radius 1 is 1.31 bits per heavy atom. The topological polar surface area (TPSA) is 32.3 Å². The zero-order valence-corrected chi connectivity index (χ0v) is 7.99. The Morgan fingerprint density at radius 3 is 2.46 bits per heavy atom. The lowest BCUT2D eigenvalue weighted by molar-refractivity contribution is 0.475. The van der Waals surface area contributed by atoms with Crippen LogP contribution < -0.4 is 5.32 Å². The molecule has 0 aliphatic carbocycles. The molecule has 0 aliphatic heterocycles. The molecule has 0 fully saturated rings. The lowest BCUT2D eigenvalue weighted by Gasteiger charge is -2.02. The first-order chi connectivity index (χ1) is 6.22. The first kappa shape index (κ1) is 9.81. The molecule has 1 rings (SSSR count). The largest absolute Gasteiger partial charge is 0.508 e. The van der Waals surface area contributed by atoms with Crippen LogP contribution in [0, 0.1) is 0 Å². The zero-order valence-electron chi connectivity index (χ0n) is 7.99. The Balaban J connectivity index is 2.64. The fraction of sp³-hybridized carbons (Fsp3) is 0.273. The Kier molecular flexibility index (Phi) is 3.53. The molecule has 1 aromatic carbocycles. The third-order valence-corrected chi connectivity index (χ3v) is 1.93. The molecular weight excluding hydrogens is 162 g/mol. The van der Waals surface area contributed by atoms with Crippen LogP contribution in [-0.4, -0.2) is 18.2 Å². The summed E-state index contributed by atoms with van der Waals surface area (Å²) < 4.78 is 0. The van der Waals surface area contributed by atoms with Crippen molar-refractivity contribution in [3.63, 3.8) is 0 Å². The van der Waals surface area contributed by atoms with Gasteiger partial charge in [0.05, 0.1) is 0 Å². The van der Waals surface area contributed by atoms with Crippen molar-refractivity contribution in [1.82, 2.24) is 5.32 Å². The van der Waals surface area contributed by atoms with Crippen molar-refractivity contribution in [2.45, 2.75) is 13.0 Å². The molecule has 2 heteroatoms. The highest BCUT2D eigenvalue weighted by Crippen LogP contribution is 2.10. The fourth-order valence-corrected chi connectivity index (χ4v) is 0.937. The van der Waals surface area contributed by atoms with Crippen LogP contribution in [-0.2, 0) is 0 Å². The van der Waals surface area contributed by atoms with Gasteiger partial charge < -0.3 is 10.4 Å². The molecule has 1 aromatic rings. The van der Waals surface area contributed by atoms with E-state index in [1.165, 1.54) is 0 Å². The minimum atomic E-state index is 0.304. The third-order valence-electron chi connectivity index (χ3n) is 1.93. The summed E-state index contributed by atoms with van der Waals surface area (Å²) in [6.45, 7) is 2.08. The lowest BCUT2D eigenvalue weighted by atomic mass is 10.2. The van der Waals surface area contributed by atoms with E-state index in [-0.39, 0.29) is 0 Å². The van der Waals surface area contributed by atoms with Crippen LogP contribution in [0.5, 0.6) is 5.75 Å². The maximum Gasteiger partial charge on any atom is 0.115 e. The minimum Gasteiger partial charge on any atom is -0.508 e. The van der Waals surface area contributed by atoms with Gasteiger partial charge in [0, 0.05) is 6.04 Å². The predicted octanol–water partition coefficient (Wildman–Crippen LogP) is 2.01. The average molecular weight is 177 g/mol. The van der Waals surface area contributed by atoms with Gasteiger partial charge in [-0.05, 0) is 31.7 Å². The van der Waals surface area contributed by atoms with Gasteiger partial charge in [0.2, 0.25) is 0 Å². The summed E-state index contributed by atoms with van der Waals surface area (Å²) in [5.74, 6) is 0.304. The number of phenols is 1. The number of nitrogens with one attached hydrogen (secondary N) is 1. The third kappa shape index (κ3) is 3.30. The van der Waals surface area contributed by atoms with Gasteiger partial charge in [-0.25, -0.2) is 0 Å². The summed E-state index contributed by atoms with van der Waals surface area (Å²) in [6, 6.07) is 7.50. The van der Waals surface area contributed by atoms with Gasteiger partial charge in [0.15, 0.2) is 0 Å². The molecule has 0 radical (unpaired) electrons. The normalized spacial score (nSPS) is 13.4. The highest BCUT2D eigenvalue weighted by Gasteiger charge is 1.90. The summed E-state index contributed by atoms with van der Waals surface area (Å²) in [5, 5.41) is 12.2. The van der Waals surface area contributed by atoms with Crippen molar-refractivity contribution in [2.24, 2.45) is 0 Å². The van der Waals surface area contributed by atoms with Gasteiger partial charge in [-0.3, -0.25) is 0 Å². The van der Waals surface area contributed by atoms with E-state index in [0.29, 0.717) is 11.8 Å². The summed E-state index contributed by atoms with van der Waals surface area (Å²) >= 11 is 0. The van der Waals surface area contributed by atoms with Crippen molar-refractivity contribution in [2.75, 3.05) is 7.05 Å². The van der Waals surface area contributed by atoms with Gasteiger partial charge in [-0.1, -0.05) is 24.3 Å². The molecule has 0 spiro atoms. The average Bonchev–Trinajstić information content (AvgIpc) is 2.16. The van der Waals surface area contributed by atoms with Crippen LogP contribution in [0.2, 0.25) is 0 Å². The molecule has 0 saturated heterocycles. The van der Waals surface area contributed by atoms with Crippen LogP contribution in [0.25, 0.3) is 6.08 Å². The van der Waals surface area contributed by atoms with Crippen molar-refractivity contribution >= 4 is 6.08 Å². The standard InChI is InChI=1S/C11H15NO/c1-9(12-2)3-4-10-5-7-11(13)8-6-10/h3-9,12-13H,1-2H3/b4-3+. The molecule has 1 atom stereocenters. The zero-order chi connectivity index (χ0) is 9.68. The van der Waals surface area contributed by atoms with Crippen LogP contribution >= 0.6 is 0 Å². The van der Waals surface area contributed by atoms with Crippen molar-refractivity contribution in [1.29, 1.82) is 0 Å². The molecule has 0 aromatic heterocycles. The summed E-state index contributed by atoms with van der Waals surface area (Å²) in [4.78, 5) is 0. The highest BCUT2D eigenvalue weighted by atomic mass is 16.3. The van der Waals surface area contributed by atoms with Crippen LogP contribution in [0.3, 0.4) is 0 Å². The lowest BCUT2D eigenvalue weighted by Crippen LogP contribution is -2.17. The molecule has 0 aliphatic rings. The molecular formula is C11H15NO. The van der Waals surface area contributed by atoms with Crippen LogP contribution in [0.4, 0.5) is 0 Å². The van der Waals surface area contributed by atoms with Gasteiger partial charge in [-0.2, -0.15) is 0 Å². The summed E-state index contributed by atoms with van der Waals surface area (Å²) in [5.41, 5.74) is 1.10. The second-order valence-electron chi connectivity index (χ2n) is 3.03. The van der Waals surface area contributed by atoms with E-state index in [4.69, 9.17) is 5.11 Å². The molecule has 0 amide bonds. The SMILES string of the molecule is CNC(C)/C=C/c1ccc(O)cc1. The van der Waals surface area contributed by atoms with E-state index in [1.54, 1.807) is 12.1 Å². The number of benzene rings is 1. The summed E-state index contributed by atoms with van der Waals surface area (Å²) in [6.07, 6.45) is 4.10. The maximum atomic E-state index is 9.04. The fourth-order valence-electron chi connectivity index (χ4n) is 0.937. The van der Waals surface area contributed by atoms with Crippen molar-refractivity contribution in [3.8, 4) is 5.75 Å². The first-order valence-electron chi connectivity index (χ1n) is 4.37. The van der Waals surface area contributed by atoms with Gasteiger partial charge in [-0.15, -0.1) is 0 Å². The quantitative estimate of drug-likeness (QED) is 0.740. The molecule has 13 heavy (non-hydrogen) atoms. The second-order valence-corrected chi connectivity index (χ2v) is 3.03. The molecule has 2 N–H and O–H groups in total. The van der Waals surface area contributed by atoms with Crippen LogP contribution in [0.1, 0.15) is 12.5 Å². The first-order valence-corrected chi connectivity index (χ1v) is 4.37. The molecule has 2 nitrogen and oxygen atoms in total. The highest BCUT2D eigenvalue weighted by molar-refractivity contribution is 5.50. The monoisotopic (exact) mass is 177 g/mol. The molecule has 0 heterocycles.